The smallest absolute Gasteiger partial charge is 0.275 e. The minimum Gasteiger partial charge on any atom is -0.275 e. The number of fused-ring (bicyclic) bond motifs is 1. The van der Waals surface area contributed by atoms with Gasteiger partial charge in [-0.3, -0.25) is 9.36 Å². The molecule has 0 aliphatic carbocycles. The standard InChI is InChI=1S/C18H9F3N4OS2/c19-11-3-5-13(6-4-11)25-16-15(28-18(25)27)17(26)24(9-22-16)23-8-10-1-2-12(20)7-14(10)21/h1-9H/b23-8+. The maximum Gasteiger partial charge on any atom is 0.293 e. The summed E-state index contributed by atoms with van der Waals surface area (Å²) in [5, 5.41) is 3.91. The van der Waals surface area contributed by atoms with Crippen LogP contribution in [0.2, 0.25) is 0 Å². The van der Waals surface area contributed by atoms with Crippen molar-refractivity contribution in [2.75, 3.05) is 0 Å². The molecule has 0 N–H and O–H groups in total. The molecule has 0 aliphatic rings. The molecule has 0 atom stereocenters. The van der Waals surface area contributed by atoms with Gasteiger partial charge in [0.1, 0.15) is 28.5 Å². The molecule has 0 spiro atoms. The molecule has 0 saturated heterocycles. The highest BCUT2D eigenvalue weighted by atomic mass is 32.1. The molecule has 2 aromatic heterocycles. The maximum atomic E-state index is 13.7. The van der Waals surface area contributed by atoms with Gasteiger partial charge in [-0.05, 0) is 48.6 Å². The van der Waals surface area contributed by atoms with Gasteiger partial charge in [0.05, 0.1) is 6.21 Å². The van der Waals surface area contributed by atoms with Crippen LogP contribution in [0.5, 0.6) is 0 Å². The fourth-order valence-electron chi connectivity index (χ4n) is 2.52. The second kappa shape index (κ2) is 7.13. The highest BCUT2D eigenvalue weighted by Gasteiger charge is 2.13. The normalized spacial score (nSPS) is 11.5. The van der Waals surface area contributed by atoms with E-state index in [2.05, 4.69) is 10.1 Å². The minimum absolute atomic E-state index is 0.0184. The fourth-order valence-corrected chi connectivity index (χ4v) is 3.83. The van der Waals surface area contributed by atoms with Gasteiger partial charge in [-0.25, -0.2) is 18.2 Å². The molecule has 0 aliphatic heterocycles. The lowest BCUT2D eigenvalue weighted by Gasteiger charge is -2.04. The zero-order valence-electron chi connectivity index (χ0n) is 13.8. The van der Waals surface area contributed by atoms with E-state index in [1.165, 1.54) is 36.7 Å². The number of halogens is 3. The first kappa shape index (κ1) is 18.3. The van der Waals surface area contributed by atoms with Crippen molar-refractivity contribution in [3.05, 3.63) is 86.1 Å². The molecule has 140 valence electrons. The lowest BCUT2D eigenvalue weighted by Crippen LogP contribution is -2.16. The zero-order valence-corrected chi connectivity index (χ0v) is 15.5. The van der Waals surface area contributed by atoms with E-state index in [-0.39, 0.29) is 10.3 Å². The molecule has 0 unspecified atom stereocenters. The van der Waals surface area contributed by atoms with Crippen LogP contribution >= 0.6 is 23.6 Å². The summed E-state index contributed by atoms with van der Waals surface area (Å²) >= 11 is 6.35. The van der Waals surface area contributed by atoms with Gasteiger partial charge >= 0.3 is 0 Å². The molecular weight excluding hydrogens is 409 g/mol. The summed E-state index contributed by atoms with van der Waals surface area (Å²) in [5.74, 6) is -1.91. The third-order valence-corrected chi connectivity index (χ3v) is 5.20. The average molecular weight is 418 g/mol. The van der Waals surface area contributed by atoms with Gasteiger partial charge in [0.25, 0.3) is 5.56 Å². The van der Waals surface area contributed by atoms with Crippen LogP contribution in [-0.2, 0) is 0 Å². The summed E-state index contributed by atoms with van der Waals surface area (Å²) in [6, 6.07) is 8.63. The first-order chi connectivity index (χ1) is 13.4. The molecule has 0 bridgehead atoms. The zero-order chi connectivity index (χ0) is 19.8. The number of benzene rings is 2. The molecular formula is C18H9F3N4OS2. The van der Waals surface area contributed by atoms with Crippen molar-refractivity contribution < 1.29 is 13.2 Å². The van der Waals surface area contributed by atoms with E-state index < -0.39 is 23.0 Å². The molecule has 0 amide bonds. The largest absolute Gasteiger partial charge is 0.293 e. The van der Waals surface area contributed by atoms with Crippen molar-refractivity contribution in [3.8, 4) is 5.69 Å². The van der Waals surface area contributed by atoms with Crippen molar-refractivity contribution in [1.82, 2.24) is 14.2 Å². The van der Waals surface area contributed by atoms with Gasteiger partial charge in [0.2, 0.25) is 0 Å². The molecule has 5 nitrogen and oxygen atoms in total. The number of aromatic nitrogens is 3. The number of hydrogen-bond donors (Lipinski definition) is 0. The van der Waals surface area contributed by atoms with Crippen LogP contribution in [0.15, 0.2) is 58.7 Å². The monoisotopic (exact) mass is 418 g/mol. The Labute approximate surface area is 164 Å². The van der Waals surface area contributed by atoms with E-state index in [1.807, 2.05) is 0 Å². The second-order valence-corrected chi connectivity index (χ2v) is 7.28. The number of thiazole rings is 1. The predicted molar refractivity (Wildman–Crippen MR) is 103 cm³/mol. The van der Waals surface area contributed by atoms with Gasteiger partial charge in [0, 0.05) is 17.3 Å². The molecule has 4 rings (SSSR count). The van der Waals surface area contributed by atoms with E-state index in [0.717, 1.165) is 34.4 Å². The molecule has 0 radical (unpaired) electrons. The second-order valence-electron chi connectivity index (χ2n) is 5.64. The lowest BCUT2D eigenvalue weighted by atomic mass is 10.2. The molecule has 0 fully saturated rings. The topological polar surface area (TPSA) is 52.2 Å². The van der Waals surface area contributed by atoms with E-state index >= 15 is 0 Å². The molecule has 4 aromatic rings. The van der Waals surface area contributed by atoms with E-state index in [4.69, 9.17) is 12.2 Å². The third kappa shape index (κ3) is 3.27. The predicted octanol–water partition coefficient (Wildman–Crippen LogP) is 4.28. The number of nitrogens with zero attached hydrogens (tertiary/aromatic N) is 4. The van der Waals surface area contributed by atoms with Crippen LogP contribution < -0.4 is 5.56 Å². The highest BCUT2D eigenvalue weighted by molar-refractivity contribution is 7.73. The molecule has 2 heterocycles. The first-order valence-corrected chi connectivity index (χ1v) is 9.05. The Hall–Kier alpha value is -3.11. The van der Waals surface area contributed by atoms with Crippen molar-refractivity contribution in [2.24, 2.45) is 5.10 Å². The Kier molecular flexibility index (Phi) is 4.65. The Balaban J connectivity index is 1.80. The summed E-state index contributed by atoms with van der Waals surface area (Å²) in [7, 11) is 0. The van der Waals surface area contributed by atoms with Gasteiger partial charge in [-0.2, -0.15) is 9.78 Å². The van der Waals surface area contributed by atoms with Crippen LogP contribution in [0.25, 0.3) is 16.0 Å². The summed E-state index contributed by atoms with van der Waals surface area (Å²) in [6.07, 6.45) is 2.27. The van der Waals surface area contributed by atoms with Gasteiger partial charge < -0.3 is 0 Å². The average Bonchev–Trinajstić information content (AvgIpc) is 3.00. The van der Waals surface area contributed by atoms with Gasteiger partial charge in [-0.1, -0.05) is 11.3 Å². The van der Waals surface area contributed by atoms with E-state index in [0.29, 0.717) is 15.3 Å². The van der Waals surface area contributed by atoms with E-state index in [1.54, 1.807) is 4.57 Å². The molecule has 0 saturated carbocycles. The van der Waals surface area contributed by atoms with Gasteiger partial charge in [-0.15, -0.1) is 0 Å². The highest BCUT2D eigenvalue weighted by Crippen LogP contribution is 2.22. The SMILES string of the molecule is O=c1c2sc(=S)n(-c3ccc(F)cc3)c2ncn1/N=C/c1ccc(F)cc1F. The summed E-state index contributed by atoms with van der Waals surface area (Å²) in [6.45, 7) is 0. The van der Waals surface area contributed by atoms with Crippen LogP contribution in [0.3, 0.4) is 0 Å². The molecule has 10 heteroatoms. The summed E-state index contributed by atoms with van der Waals surface area (Å²) in [4.78, 5) is 16.9. The Morgan fingerprint density at radius 1 is 1.07 bits per heavy atom. The fraction of sp³-hybridized carbons (Fsp3) is 0. The first-order valence-electron chi connectivity index (χ1n) is 7.82. The van der Waals surface area contributed by atoms with E-state index in [9.17, 15) is 18.0 Å². The van der Waals surface area contributed by atoms with Crippen LogP contribution in [0.4, 0.5) is 13.2 Å². The third-order valence-electron chi connectivity index (χ3n) is 3.85. The van der Waals surface area contributed by atoms with Crippen molar-refractivity contribution in [1.29, 1.82) is 0 Å². The molecule has 2 aromatic carbocycles. The Morgan fingerprint density at radius 3 is 2.50 bits per heavy atom. The van der Waals surface area contributed by atoms with Crippen LogP contribution in [0.1, 0.15) is 5.56 Å². The maximum absolute atomic E-state index is 13.7. The Bertz CT molecular complexity index is 1340. The number of hydrogen-bond acceptors (Lipinski definition) is 5. The molecule has 28 heavy (non-hydrogen) atoms. The van der Waals surface area contributed by atoms with Gasteiger partial charge in [0.15, 0.2) is 9.60 Å². The lowest BCUT2D eigenvalue weighted by molar-refractivity contribution is 0.582. The summed E-state index contributed by atoms with van der Waals surface area (Å²) < 4.78 is 42.9. The van der Waals surface area contributed by atoms with Crippen molar-refractivity contribution >= 4 is 40.1 Å². The van der Waals surface area contributed by atoms with Crippen LogP contribution in [-0.4, -0.2) is 20.4 Å². The van der Waals surface area contributed by atoms with Crippen LogP contribution in [0, 0.1) is 21.4 Å². The Morgan fingerprint density at radius 2 is 1.79 bits per heavy atom. The minimum atomic E-state index is -0.802. The number of rotatable bonds is 3. The van der Waals surface area contributed by atoms with Crippen molar-refractivity contribution in [2.45, 2.75) is 0 Å². The summed E-state index contributed by atoms with van der Waals surface area (Å²) in [5.41, 5.74) is 0.399. The quantitative estimate of drug-likeness (QED) is 0.369. The van der Waals surface area contributed by atoms with Crippen molar-refractivity contribution in [3.63, 3.8) is 0 Å².